The van der Waals surface area contributed by atoms with Crippen molar-refractivity contribution in [2.45, 2.75) is 32.3 Å². The van der Waals surface area contributed by atoms with Gasteiger partial charge in [-0.1, -0.05) is 23.7 Å². The summed E-state index contributed by atoms with van der Waals surface area (Å²) in [7, 11) is 0. The number of anilines is 2. The number of nitrogens with zero attached hydrogens (tertiary/aromatic N) is 3. The number of guanidine groups is 1. The topological polar surface area (TPSA) is 175 Å². The van der Waals surface area contributed by atoms with Crippen LogP contribution in [0, 0.1) is 0 Å². The lowest BCUT2D eigenvalue weighted by Crippen LogP contribution is -2.38. The number of nitrogen functional groups attached to an aromatic ring is 2. The van der Waals surface area contributed by atoms with Gasteiger partial charge >= 0.3 is 0 Å². The second-order valence-electron chi connectivity index (χ2n) is 6.62. The summed E-state index contributed by atoms with van der Waals surface area (Å²) in [5, 5.41) is 11.5. The molecule has 0 saturated heterocycles. The Morgan fingerprint density at radius 2 is 1.90 bits per heavy atom. The minimum absolute atomic E-state index is 0. The predicted octanol–water partition coefficient (Wildman–Crippen LogP) is 1.54. The molecule has 8 N–H and O–H groups in total. The number of aryl methyl sites for hydroxylation is 1. The van der Waals surface area contributed by atoms with Crippen LogP contribution in [0.3, 0.4) is 0 Å². The van der Waals surface area contributed by atoms with Gasteiger partial charge in [0.2, 0.25) is 0 Å². The Morgan fingerprint density at radius 1 is 1.23 bits per heavy atom. The summed E-state index contributed by atoms with van der Waals surface area (Å²) in [5.41, 5.74) is 17.8. The third-order valence-corrected chi connectivity index (χ3v) is 4.21. The summed E-state index contributed by atoms with van der Waals surface area (Å²) in [6, 6.07) is 7.72. The highest BCUT2D eigenvalue weighted by molar-refractivity contribution is 6.31. The fraction of sp³-hybridized carbons (Fsp3) is 0.368. The third kappa shape index (κ3) is 8.83. The molecule has 10 nitrogen and oxygen atoms in total. The van der Waals surface area contributed by atoms with Gasteiger partial charge in [0.05, 0.1) is 6.10 Å². The van der Waals surface area contributed by atoms with Gasteiger partial charge in [0.1, 0.15) is 12.4 Å². The highest BCUT2D eigenvalue weighted by Gasteiger charge is 2.16. The van der Waals surface area contributed by atoms with Crippen LogP contribution in [0.1, 0.15) is 35.8 Å². The van der Waals surface area contributed by atoms with Crippen LogP contribution in [-0.2, 0) is 6.42 Å². The minimum Gasteiger partial charge on any atom is -0.491 e. The summed E-state index contributed by atoms with van der Waals surface area (Å²) >= 11 is 5.76. The SMILES string of the molecule is CC(O)COc1ccc(CCCCN=C(N)NC(=O)c2nc(Cl)c(N)nc2N)cc1.Cl. The average molecular weight is 472 g/mol. The summed E-state index contributed by atoms with van der Waals surface area (Å²) in [5.74, 6) is -0.200. The zero-order valence-electron chi connectivity index (χ0n) is 17.0. The van der Waals surface area contributed by atoms with Gasteiger partial charge in [-0.15, -0.1) is 12.4 Å². The molecule has 2 aromatic rings. The van der Waals surface area contributed by atoms with Crippen LogP contribution in [0.25, 0.3) is 0 Å². The van der Waals surface area contributed by atoms with Crippen molar-refractivity contribution < 1.29 is 14.6 Å². The number of aliphatic hydroxyl groups excluding tert-OH is 1. The quantitative estimate of drug-likeness (QED) is 0.207. The van der Waals surface area contributed by atoms with Crippen molar-refractivity contribution in [3.63, 3.8) is 0 Å². The smallest absolute Gasteiger partial charge is 0.280 e. The van der Waals surface area contributed by atoms with Crippen molar-refractivity contribution >= 4 is 47.5 Å². The number of nitrogens with one attached hydrogen (secondary N) is 1. The van der Waals surface area contributed by atoms with Crippen LogP contribution >= 0.6 is 24.0 Å². The Bertz CT molecular complexity index is 893. The second kappa shape index (κ2) is 12.8. The van der Waals surface area contributed by atoms with Gasteiger partial charge in [0, 0.05) is 6.54 Å². The number of nitrogens with two attached hydrogens (primary N) is 3. The lowest BCUT2D eigenvalue weighted by molar-refractivity contribution is 0.0972. The molecule has 0 spiro atoms. The van der Waals surface area contributed by atoms with E-state index in [1.165, 1.54) is 5.56 Å². The number of aromatic nitrogens is 2. The Kier molecular flexibility index (Phi) is 10.8. The van der Waals surface area contributed by atoms with Crippen LogP contribution in [-0.4, -0.2) is 46.2 Å². The van der Waals surface area contributed by atoms with Crippen molar-refractivity contribution in [3.8, 4) is 5.75 Å². The van der Waals surface area contributed by atoms with E-state index in [4.69, 9.17) is 33.5 Å². The first kappa shape index (κ1) is 26.2. The maximum Gasteiger partial charge on any atom is 0.280 e. The number of halogens is 2. The number of benzene rings is 1. The number of amides is 1. The van der Waals surface area contributed by atoms with Crippen molar-refractivity contribution in [1.29, 1.82) is 0 Å². The molecule has 2 rings (SSSR count). The van der Waals surface area contributed by atoms with E-state index in [0.717, 1.165) is 25.0 Å². The van der Waals surface area contributed by atoms with Crippen LogP contribution in [0.4, 0.5) is 11.6 Å². The number of ether oxygens (including phenoxy) is 1. The van der Waals surface area contributed by atoms with Crippen LogP contribution < -0.4 is 27.3 Å². The zero-order valence-corrected chi connectivity index (χ0v) is 18.6. The predicted molar refractivity (Wildman–Crippen MR) is 124 cm³/mol. The molecule has 1 atom stereocenters. The van der Waals surface area contributed by atoms with Crippen molar-refractivity contribution in [2.75, 3.05) is 24.6 Å². The molecule has 0 aliphatic carbocycles. The lowest BCUT2D eigenvalue weighted by Gasteiger charge is -2.09. The van der Waals surface area contributed by atoms with Crippen LogP contribution in [0.2, 0.25) is 5.15 Å². The molecule has 0 radical (unpaired) electrons. The molecular formula is C19H27Cl2N7O3. The van der Waals surface area contributed by atoms with Crippen molar-refractivity contribution in [1.82, 2.24) is 15.3 Å². The number of carbonyl (C=O) groups excluding carboxylic acids is 1. The fourth-order valence-corrected chi connectivity index (χ4v) is 2.56. The largest absolute Gasteiger partial charge is 0.491 e. The van der Waals surface area contributed by atoms with Crippen LogP contribution in [0.5, 0.6) is 5.75 Å². The maximum atomic E-state index is 12.1. The summed E-state index contributed by atoms with van der Waals surface area (Å²) in [6.07, 6.45) is 2.04. The summed E-state index contributed by atoms with van der Waals surface area (Å²) in [4.78, 5) is 23.8. The standard InChI is InChI=1S/C19H26ClN7O3.ClH/c1-11(28)10-30-13-7-5-12(6-8-13)4-2-3-9-24-19(23)27-18(29)14-16(21)26-17(22)15(20)25-14;/h5-8,11,28H,2-4,9-10H2,1H3,(H4,21,22,26)(H3,23,24,27,29);1H. The van der Waals surface area contributed by atoms with E-state index in [1.54, 1.807) is 6.92 Å². The highest BCUT2D eigenvalue weighted by atomic mass is 35.5. The lowest BCUT2D eigenvalue weighted by atomic mass is 10.1. The second-order valence-corrected chi connectivity index (χ2v) is 6.97. The average Bonchev–Trinajstić information content (AvgIpc) is 2.69. The van der Waals surface area contributed by atoms with Gasteiger partial charge in [0.25, 0.3) is 5.91 Å². The van der Waals surface area contributed by atoms with E-state index in [-0.39, 0.29) is 47.5 Å². The molecule has 1 aromatic heterocycles. The molecule has 1 amide bonds. The first-order valence-corrected chi connectivity index (χ1v) is 9.73. The van der Waals surface area contributed by atoms with Crippen LogP contribution in [0.15, 0.2) is 29.3 Å². The van der Waals surface area contributed by atoms with Gasteiger partial charge in [-0.05, 0) is 43.9 Å². The van der Waals surface area contributed by atoms with E-state index < -0.39 is 12.0 Å². The number of carbonyl (C=O) groups is 1. The molecule has 0 bridgehead atoms. The van der Waals surface area contributed by atoms with Crippen molar-refractivity contribution in [2.24, 2.45) is 10.7 Å². The maximum absolute atomic E-state index is 12.1. The first-order valence-electron chi connectivity index (χ1n) is 9.35. The Balaban J connectivity index is 0.00000480. The zero-order chi connectivity index (χ0) is 22.1. The summed E-state index contributed by atoms with van der Waals surface area (Å²) < 4.78 is 5.43. The van der Waals surface area contributed by atoms with E-state index in [2.05, 4.69) is 20.3 Å². The number of aliphatic imine (C=N–C) groups is 1. The third-order valence-electron chi connectivity index (χ3n) is 3.93. The number of aliphatic hydroxyl groups is 1. The summed E-state index contributed by atoms with van der Waals surface area (Å²) in [6.45, 7) is 2.39. The Hall–Kier alpha value is -2.82. The molecule has 0 aliphatic heterocycles. The van der Waals surface area contributed by atoms with Gasteiger partial charge in [-0.3, -0.25) is 15.1 Å². The number of rotatable bonds is 9. The fourth-order valence-electron chi connectivity index (χ4n) is 2.43. The molecule has 0 saturated carbocycles. The monoisotopic (exact) mass is 471 g/mol. The highest BCUT2D eigenvalue weighted by Crippen LogP contribution is 2.17. The molecule has 1 heterocycles. The van der Waals surface area contributed by atoms with Gasteiger partial charge in [0.15, 0.2) is 28.4 Å². The first-order chi connectivity index (χ1) is 14.3. The van der Waals surface area contributed by atoms with Crippen molar-refractivity contribution in [3.05, 3.63) is 40.7 Å². The molecule has 12 heteroatoms. The molecule has 0 aliphatic rings. The molecule has 0 fully saturated rings. The molecule has 31 heavy (non-hydrogen) atoms. The van der Waals surface area contributed by atoms with E-state index in [1.807, 2.05) is 24.3 Å². The molecule has 1 aromatic carbocycles. The van der Waals surface area contributed by atoms with E-state index in [0.29, 0.717) is 6.54 Å². The van der Waals surface area contributed by atoms with E-state index in [9.17, 15) is 9.90 Å². The van der Waals surface area contributed by atoms with Gasteiger partial charge < -0.3 is 27.0 Å². The Labute approximate surface area is 191 Å². The van der Waals surface area contributed by atoms with Gasteiger partial charge in [-0.2, -0.15) is 0 Å². The number of hydrogen-bond donors (Lipinski definition) is 5. The molecule has 1 unspecified atom stereocenters. The molecular weight excluding hydrogens is 445 g/mol. The number of unbranched alkanes of at least 4 members (excludes halogenated alkanes) is 1. The van der Waals surface area contributed by atoms with Gasteiger partial charge in [-0.25, -0.2) is 9.97 Å². The van der Waals surface area contributed by atoms with E-state index >= 15 is 0 Å². The normalized spacial score (nSPS) is 12.0. The number of hydrogen-bond acceptors (Lipinski definition) is 8. The minimum atomic E-state index is -0.666. The molecule has 170 valence electrons. The Morgan fingerprint density at radius 3 is 2.55 bits per heavy atom.